The van der Waals surface area contributed by atoms with Crippen molar-refractivity contribution in [1.82, 2.24) is 4.98 Å². The van der Waals surface area contributed by atoms with Crippen molar-refractivity contribution < 1.29 is 23.4 Å². The van der Waals surface area contributed by atoms with E-state index in [0.29, 0.717) is 40.3 Å². The van der Waals surface area contributed by atoms with Crippen LogP contribution in [0.15, 0.2) is 53.1 Å². The summed E-state index contributed by atoms with van der Waals surface area (Å²) in [5, 5.41) is 0.637. The van der Waals surface area contributed by atoms with Gasteiger partial charge in [-0.25, -0.2) is 9.78 Å². The summed E-state index contributed by atoms with van der Waals surface area (Å²) in [6, 6.07) is 12.0. The van der Waals surface area contributed by atoms with Gasteiger partial charge in [-0.05, 0) is 49.4 Å². The lowest BCUT2D eigenvalue weighted by Gasteiger charge is -2.10. The van der Waals surface area contributed by atoms with Gasteiger partial charge in [0.05, 0.1) is 25.5 Å². The average Bonchev–Trinajstić information content (AvgIpc) is 3.16. The molecule has 1 aromatic heterocycles. The van der Waals surface area contributed by atoms with Gasteiger partial charge in [0.2, 0.25) is 5.89 Å². The molecule has 27 heavy (non-hydrogen) atoms. The fourth-order valence-corrected chi connectivity index (χ4v) is 2.53. The molecule has 7 heteroatoms. The minimum Gasteiger partial charge on any atom is -0.493 e. The molecule has 0 aliphatic carbocycles. The third-order valence-electron chi connectivity index (χ3n) is 3.71. The van der Waals surface area contributed by atoms with Crippen molar-refractivity contribution in [1.29, 1.82) is 0 Å². The molecule has 3 rings (SSSR count). The highest BCUT2D eigenvalue weighted by atomic mass is 35.5. The van der Waals surface area contributed by atoms with E-state index in [0.717, 1.165) is 5.56 Å². The van der Waals surface area contributed by atoms with E-state index in [1.807, 2.05) is 19.1 Å². The number of carbonyl (C=O) groups is 1. The molecule has 140 valence electrons. The fourth-order valence-electron chi connectivity index (χ4n) is 2.41. The molecule has 2 aromatic carbocycles. The number of aromatic nitrogens is 1. The Balaban J connectivity index is 1.66. The van der Waals surface area contributed by atoms with E-state index in [1.54, 1.807) is 36.5 Å². The topological polar surface area (TPSA) is 70.8 Å². The molecule has 0 aliphatic heterocycles. The van der Waals surface area contributed by atoms with Gasteiger partial charge in [0.15, 0.2) is 23.9 Å². The molecule has 3 aromatic rings. The fraction of sp³-hybridized carbons (Fsp3) is 0.200. The second-order valence-corrected chi connectivity index (χ2v) is 5.94. The summed E-state index contributed by atoms with van der Waals surface area (Å²) in [6.07, 6.45) is 1.58. The minimum absolute atomic E-state index is 0.0809. The SMILES string of the molecule is CCOc1cc(C(=O)OCc2ncc(-c3ccc(Cl)cc3)o2)ccc1OC. The molecule has 6 nitrogen and oxygen atoms in total. The maximum Gasteiger partial charge on any atom is 0.338 e. The van der Waals surface area contributed by atoms with Crippen LogP contribution in [0.4, 0.5) is 0 Å². The molecular weight excluding hydrogens is 370 g/mol. The maximum absolute atomic E-state index is 12.3. The number of halogens is 1. The molecule has 0 saturated heterocycles. The van der Waals surface area contributed by atoms with E-state index < -0.39 is 5.97 Å². The number of benzene rings is 2. The molecule has 1 heterocycles. The number of hydrogen-bond acceptors (Lipinski definition) is 6. The Kier molecular flexibility index (Phi) is 5.98. The maximum atomic E-state index is 12.3. The normalized spacial score (nSPS) is 10.5. The van der Waals surface area contributed by atoms with Gasteiger partial charge in [-0.2, -0.15) is 0 Å². The molecule has 0 fully saturated rings. The highest BCUT2D eigenvalue weighted by Gasteiger charge is 2.14. The van der Waals surface area contributed by atoms with Crippen LogP contribution in [0.3, 0.4) is 0 Å². The first kappa shape index (κ1) is 18.8. The highest BCUT2D eigenvalue weighted by molar-refractivity contribution is 6.30. The number of carbonyl (C=O) groups excluding carboxylic acids is 1. The molecule has 0 atom stereocenters. The predicted molar refractivity (Wildman–Crippen MR) is 100 cm³/mol. The van der Waals surface area contributed by atoms with Gasteiger partial charge >= 0.3 is 5.97 Å². The quantitative estimate of drug-likeness (QED) is 0.544. The van der Waals surface area contributed by atoms with Crippen molar-refractivity contribution >= 4 is 17.6 Å². The summed E-state index contributed by atoms with van der Waals surface area (Å²) in [5.41, 5.74) is 1.18. The zero-order valence-electron chi connectivity index (χ0n) is 14.9. The van der Waals surface area contributed by atoms with Gasteiger partial charge in [0, 0.05) is 10.6 Å². The van der Waals surface area contributed by atoms with Crippen LogP contribution in [0.2, 0.25) is 5.02 Å². The Morgan fingerprint density at radius 3 is 2.63 bits per heavy atom. The second-order valence-electron chi connectivity index (χ2n) is 5.50. The molecule has 0 saturated carbocycles. The highest BCUT2D eigenvalue weighted by Crippen LogP contribution is 2.28. The van der Waals surface area contributed by atoms with Gasteiger partial charge < -0.3 is 18.6 Å². The Labute approximate surface area is 161 Å². The van der Waals surface area contributed by atoms with Crippen molar-refractivity contribution in [3.8, 4) is 22.8 Å². The van der Waals surface area contributed by atoms with Crippen LogP contribution >= 0.6 is 11.6 Å². The number of rotatable bonds is 7. The van der Waals surface area contributed by atoms with Crippen molar-refractivity contribution in [2.45, 2.75) is 13.5 Å². The van der Waals surface area contributed by atoms with E-state index in [1.165, 1.54) is 7.11 Å². The molecule has 0 unspecified atom stereocenters. The number of ether oxygens (including phenoxy) is 3. The summed E-state index contributed by atoms with van der Waals surface area (Å²) in [5.74, 6) is 1.39. The van der Waals surface area contributed by atoms with Crippen LogP contribution in [0.5, 0.6) is 11.5 Å². The van der Waals surface area contributed by atoms with E-state index >= 15 is 0 Å². The monoisotopic (exact) mass is 387 g/mol. The van der Waals surface area contributed by atoms with Crippen LogP contribution in [0, 0.1) is 0 Å². The Morgan fingerprint density at radius 1 is 1.15 bits per heavy atom. The van der Waals surface area contributed by atoms with E-state index in [2.05, 4.69) is 4.98 Å². The first-order valence-electron chi connectivity index (χ1n) is 8.29. The van der Waals surface area contributed by atoms with Crippen molar-refractivity contribution in [3.63, 3.8) is 0 Å². The first-order chi connectivity index (χ1) is 13.1. The lowest BCUT2D eigenvalue weighted by molar-refractivity contribution is 0.0438. The van der Waals surface area contributed by atoms with Gasteiger partial charge in [-0.15, -0.1) is 0 Å². The van der Waals surface area contributed by atoms with Crippen molar-refractivity contribution in [3.05, 3.63) is 65.1 Å². The minimum atomic E-state index is -0.509. The smallest absolute Gasteiger partial charge is 0.338 e. The molecule has 0 radical (unpaired) electrons. The summed E-state index contributed by atoms with van der Waals surface area (Å²) in [7, 11) is 1.54. The largest absolute Gasteiger partial charge is 0.493 e. The van der Waals surface area contributed by atoms with Crippen LogP contribution in [0.1, 0.15) is 23.2 Å². The number of methoxy groups -OCH3 is 1. The van der Waals surface area contributed by atoms with Crippen molar-refractivity contribution in [2.24, 2.45) is 0 Å². The molecule has 0 amide bonds. The molecule has 0 N–H and O–H groups in total. The number of esters is 1. The summed E-state index contributed by atoms with van der Waals surface area (Å²) in [4.78, 5) is 16.4. The zero-order chi connectivity index (χ0) is 19.2. The average molecular weight is 388 g/mol. The van der Waals surface area contributed by atoms with Crippen LogP contribution in [-0.4, -0.2) is 24.7 Å². The Morgan fingerprint density at radius 2 is 1.93 bits per heavy atom. The zero-order valence-corrected chi connectivity index (χ0v) is 15.7. The van der Waals surface area contributed by atoms with Gasteiger partial charge in [-0.1, -0.05) is 11.6 Å². The Hall–Kier alpha value is -2.99. The van der Waals surface area contributed by atoms with Crippen LogP contribution in [0.25, 0.3) is 11.3 Å². The van der Waals surface area contributed by atoms with E-state index in [4.69, 9.17) is 30.2 Å². The summed E-state index contributed by atoms with van der Waals surface area (Å²) >= 11 is 5.88. The third-order valence-corrected chi connectivity index (χ3v) is 3.96. The third kappa shape index (κ3) is 4.60. The number of nitrogens with zero attached hydrogens (tertiary/aromatic N) is 1. The van der Waals surface area contributed by atoms with E-state index in [-0.39, 0.29) is 6.61 Å². The number of hydrogen-bond donors (Lipinski definition) is 0. The molecule has 0 bridgehead atoms. The summed E-state index contributed by atoms with van der Waals surface area (Å²) in [6.45, 7) is 2.23. The van der Waals surface area contributed by atoms with Gasteiger partial charge in [-0.3, -0.25) is 0 Å². The first-order valence-corrected chi connectivity index (χ1v) is 8.67. The predicted octanol–water partition coefficient (Wildman–Crippen LogP) is 4.76. The molecule has 0 spiro atoms. The number of oxazole rings is 1. The lowest BCUT2D eigenvalue weighted by Crippen LogP contribution is -2.06. The second kappa shape index (κ2) is 8.60. The summed E-state index contributed by atoms with van der Waals surface area (Å²) < 4.78 is 21.6. The molecule has 0 aliphatic rings. The van der Waals surface area contributed by atoms with Crippen molar-refractivity contribution in [2.75, 3.05) is 13.7 Å². The standard InChI is InChI=1S/C20H18ClNO5/c1-3-25-17-10-14(6-9-16(17)24-2)20(23)26-12-19-22-11-18(27-19)13-4-7-15(21)8-5-13/h4-11H,3,12H2,1-2H3. The van der Waals surface area contributed by atoms with Gasteiger partial charge in [0.25, 0.3) is 0 Å². The van der Waals surface area contributed by atoms with Crippen LogP contribution in [-0.2, 0) is 11.3 Å². The lowest BCUT2D eigenvalue weighted by atomic mass is 10.2. The Bertz CT molecular complexity index is 920. The van der Waals surface area contributed by atoms with Gasteiger partial charge in [0.1, 0.15) is 0 Å². The molecular formula is C20H18ClNO5. The van der Waals surface area contributed by atoms with E-state index in [9.17, 15) is 4.79 Å². The van der Waals surface area contributed by atoms with Crippen LogP contribution < -0.4 is 9.47 Å².